The first-order chi connectivity index (χ1) is 17.8. The summed E-state index contributed by atoms with van der Waals surface area (Å²) in [6.45, 7) is 12.3. The molecular weight excluding hydrogens is 485 g/mol. The molecule has 2 unspecified atom stereocenters. The van der Waals surface area contributed by atoms with Gasteiger partial charge in [-0.3, -0.25) is 9.59 Å². The first-order valence-electron chi connectivity index (χ1n) is 13.2. The molecular formula is C28H38BN3O6. The van der Waals surface area contributed by atoms with Crippen molar-refractivity contribution in [2.45, 2.75) is 77.7 Å². The highest BCUT2D eigenvalue weighted by molar-refractivity contribution is 6.62. The number of methoxy groups -OCH3 is 1. The highest BCUT2D eigenvalue weighted by atomic mass is 16.7. The zero-order chi connectivity index (χ0) is 27.8. The number of hydrogen-bond acceptors (Lipinski definition) is 6. The van der Waals surface area contributed by atoms with E-state index in [1.54, 1.807) is 4.90 Å². The number of fused-ring (bicyclic) bond motifs is 1. The highest BCUT2D eigenvalue weighted by Gasteiger charge is 2.51. The molecule has 204 valence electrons. The van der Waals surface area contributed by atoms with Crippen molar-refractivity contribution >= 4 is 46.9 Å². The Bertz CT molecular complexity index is 1210. The first kappa shape index (κ1) is 27.9. The van der Waals surface area contributed by atoms with Crippen LogP contribution < -0.4 is 16.1 Å². The molecule has 4 rings (SSSR count). The lowest BCUT2D eigenvalue weighted by Crippen LogP contribution is -2.54. The van der Waals surface area contributed by atoms with E-state index in [-0.39, 0.29) is 17.7 Å². The van der Waals surface area contributed by atoms with Crippen molar-refractivity contribution in [3.05, 3.63) is 36.4 Å². The smallest absolute Gasteiger partial charge is 0.453 e. The molecule has 2 atom stereocenters. The van der Waals surface area contributed by atoms with Gasteiger partial charge in [0.25, 0.3) is 0 Å². The minimum absolute atomic E-state index is 0.159. The third-order valence-corrected chi connectivity index (χ3v) is 7.89. The Balaban J connectivity index is 1.46. The van der Waals surface area contributed by atoms with Gasteiger partial charge in [-0.15, -0.1) is 0 Å². The number of carbonyl (C=O) groups excluding carboxylic acids is 3. The number of carbonyl (C=O) groups is 3. The molecule has 0 bridgehead atoms. The van der Waals surface area contributed by atoms with Crippen LogP contribution in [0.25, 0.3) is 10.8 Å². The molecule has 10 heteroatoms. The van der Waals surface area contributed by atoms with Crippen LogP contribution in [0, 0.1) is 5.92 Å². The van der Waals surface area contributed by atoms with Crippen LogP contribution in [-0.2, 0) is 23.6 Å². The van der Waals surface area contributed by atoms with Gasteiger partial charge in [0.15, 0.2) is 0 Å². The molecule has 0 spiro atoms. The molecule has 0 aliphatic carbocycles. The monoisotopic (exact) mass is 523 g/mol. The molecule has 38 heavy (non-hydrogen) atoms. The van der Waals surface area contributed by atoms with E-state index >= 15 is 0 Å². The first-order valence-corrected chi connectivity index (χ1v) is 13.2. The third kappa shape index (κ3) is 5.52. The highest BCUT2D eigenvalue weighted by Crippen LogP contribution is 2.36. The van der Waals surface area contributed by atoms with Crippen molar-refractivity contribution in [2.75, 3.05) is 19.0 Å². The van der Waals surface area contributed by atoms with Crippen LogP contribution in [0.15, 0.2) is 36.4 Å². The minimum atomic E-state index is -0.769. The lowest BCUT2D eigenvalue weighted by Gasteiger charge is -2.32. The Morgan fingerprint density at radius 3 is 2.29 bits per heavy atom. The Morgan fingerprint density at radius 1 is 1.03 bits per heavy atom. The largest absolute Gasteiger partial charge is 0.494 e. The van der Waals surface area contributed by atoms with E-state index in [4.69, 9.17) is 9.31 Å². The van der Waals surface area contributed by atoms with E-state index in [9.17, 15) is 14.4 Å². The van der Waals surface area contributed by atoms with Crippen LogP contribution in [0.3, 0.4) is 0 Å². The molecule has 2 N–H and O–H groups in total. The fourth-order valence-electron chi connectivity index (χ4n) is 4.87. The van der Waals surface area contributed by atoms with Gasteiger partial charge in [-0.25, -0.2) is 4.79 Å². The number of benzene rings is 2. The summed E-state index contributed by atoms with van der Waals surface area (Å²) in [6, 6.07) is 10.4. The van der Waals surface area contributed by atoms with Crippen molar-refractivity contribution in [1.29, 1.82) is 0 Å². The zero-order valence-electron chi connectivity index (χ0n) is 23.3. The standard InChI is InChI=1S/C28H38BN3O6/c1-17(2)23(31-26(35)36-7)25(34)32-14-8-9-22(32)24(33)30-21-13-11-18-15-20(12-10-19(18)16-21)29-37-27(3,4)28(5,6)38-29/h10-13,15-17,22-23H,8-9,14H2,1-7H3,(H,30,33)(H,31,35). The Hall–Kier alpha value is -3.11. The number of likely N-dealkylation sites (tertiary alicyclic amines) is 1. The number of amides is 3. The summed E-state index contributed by atoms with van der Waals surface area (Å²) in [6.07, 6.45) is 0.604. The molecule has 0 aromatic heterocycles. The predicted octanol–water partition coefficient (Wildman–Crippen LogP) is 3.45. The average molecular weight is 523 g/mol. The molecule has 9 nitrogen and oxygen atoms in total. The van der Waals surface area contributed by atoms with Crippen molar-refractivity contribution < 1.29 is 28.4 Å². The van der Waals surface area contributed by atoms with Crippen molar-refractivity contribution in [3.63, 3.8) is 0 Å². The molecule has 0 radical (unpaired) electrons. The third-order valence-electron chi connectivity index (χ3n) is 7.89. The van der Waals surface area contributed by atoms with Crippen molar-refractivity contribution in [2.24, 2.45) is 5.92 Å². The van der Waals surface area contributed by atoms with E-state index in [0.717, 1.165) is 16.2 Å². The second-order valence-electron chi connectivity index (χ2n) is 11.4. The number of nitrogens with zero attached hydrogens (tertiary/aromatic N) is 1. The Kier molecular flexibility index (Phi) is 7.77. The van der Waals surface area contributed by atoms with Crippen LogP contribution in [-0.4, -0.2) is 66.9 Å². The van der Waals surface area contributed by atoms with Gasteiger partial charge in [-0.2, -0.15) is 0 Å². The fourth-order valence-corrected chi connectivity index (χ4v) is 4.87. The number of hydrogen-bond donors (Lipinski definition) is 2. The van der Waals surface area contributed by atoms with Crippen LogP contribution in [0.1, 0.15) is 54.4 Å². The topological polar surface area (TPSA) is 106 Å². The van der Waals surface area contributed by atoms with Gasteiger partial charge in [-0.1, -0.05) is 38.1 Å². The van der Waals surface area contributed by atoms with Crippen molar-refractivity contribution in [1.82, 2.24) is 10.2 Å². The lowest BCUT2D eigenvalue weighted by atomic mass is 9.78. The number of rotatable bonds is 6. The maximum absolute atomic E-state index is 13.3. The molecule has 2 saturated heterocycles. The van der Waals surface area contributed by atoms with Crippen LogP contribution in [0.5, 0.6) is 0 Å². The number of nitrogens with one attached hydrogen (secondary N) is 2. The fraction of sp³-hybridized carbons (Fsp3) is 0.536. The van der Waals surface area contributed by atoms with E-state index < -0.39 is 36.5 Å². The molecule has 0 saturated carbocycles. The zero-order valence-corrected chi connectivity index (χ0v) is 23.3. The van der Waals surface area contributed by atoms with Crippen molar-refractivity contribution in [3.8, 4) is 0 Å². The number of ether oxygens (including phenoxy) is 1. The summed E-state index contributed by atoms with van der Waals surface area (Å²) in [7, 11) is 0.809. The van der Waals surface area contributed by atoms with E-state index in [0.29, 0.717) is 25.1 Å². The van der Waals surface area contributed by atoms with Gasteiger partial charge in [0.05, 0.1) is 18.3 Å². The maximum Gasteiger partial charge on any atom is 0.494 e. The van der Waals surface area contributed by atoms with Crippen LogP contribution in [0.2, 0.25) is 0 Å². The lowest BCUT2D eigenvalue weighted by molar-refractivity contribution is -0.139. The Labute approximate surface area is 224 Å². The molecule has 2 aromatic carbocycles. The molecule has 2 fully saturated rings. The van der Waals surface area contributed by atoms with E-state index in [1.165, 1.54) is 7.11 Å². The average Bonchev–Trinajstić information content (AvgIpc) is 3.43. The SMILES string of the molecule is COC(=O)NC(C(=O)N1CCCC1C(=O)Nc1ccc2cc(B3OC(C)(C)C(C)(C)O3)ccc2c1)C(C)C. The molecule has 2 aliphatic rings. The molecule has 2 aliphatic heterocycles. The summed E-state index contributed by atoms with van der Waals surface area (Å²) in [5.41, 5.74) is 0.758. The second-order valence-corrected chi connectivity index (χ2v) is 11.4. The summed E-state index contributed by atoms with van der Waals surface area (Å²) >= 11 is 0. The van der Waals surface area contributed by atoms with E-state index in [1.807, 2.05) is 77.9 Å². The molecule has 2 heterocycles. The summed E-state index contributed by atoms with van der Waals surface area (Å²) in [4.78, 5) is 39.8. The van der Waals surface area contributed by atoms with Gasteiger partial charge in [0, 0.05) is 12.2 Å². The van der Waals surface area contributed by atoms with Crippen LogP contribution >= 0.6 is 0 Å². The summed E-state index contributed by atoms with van der Waals surface area (Å²) < 4.78 is 17.0. The van der Waals surface area contributed by atoms with Crippen LogP contribution in [0.4, 0.5) is 10.5 Å². The molecule has 2 aromatic rings. The minimum Gasteiger partial charge on any atom is -0.453 e. The van der Waals surface area contributed by atoms with Gasteiger partial charge in [0.2, 0.25) is 11.8 Å². The van der Waals surface area contributed by atoms with Gasteiger partial charge >= 0.3 is 13.2 Å². The predicted molar refractivity (Wildman–Crippen MR) is 147 cm³/mol. The van der Waals surface area contributed by atoms with Gasteiger partial charge < -0.3 is 29.6 Å². The molecule has 3 amide bonds. The number of alkyl carbamates (subject to hydrolysis) is 1. The maximum atomic E-state index is 13.3. The normalized spacial score (nSPS) is 21.0. The van der Waals surface area contributed by atoms with Gasteiger partial charge in [0.1, 0.15) is 12.1 Å². The summed E-state index contributed by atoms with van der Waals surface area (Å²) in [5.74, 6) is -0.685. The quantitative estimate of drug-likeness (QED) is 0.562. The van der Waals surface area contributed by atoms with Gasteiger partial charge in [-0.05, 0) is 74.8 Å². The van der Waals surface area contributed by atoms with E-state index in [2.05, 4.69) is 15.4 Å². The summed E-state index contributed by atoms with van der Waals surface area (Å²) in [5, 5.41) is 7.55. The number of anilines is 1. The second kappa shape index (κ2) is 10.6. The Morgan fingerprint density at radius 2 is 1.66 bits per heavy atom.